The van der Waals surface area contributed by atoms with Crippen molar-refractivity contribution in [2.75, 3.05) is 31.6 Å². The van der Waals surface area contributed by atoms with E-state index in [0.29, 0.717) is 38.3 Å². The van der Waals surface area contributed by atoms with E-state index < -0.39 is 11.4 Å². The van der Waals surface area contributed by atoms with Crippen LogP contribution in [0.1, 0.15) is 60.8 Å². The Labute approximate surface area is 195 Å². The molecule has 33 heavy (non-hydrogen) atoms. The van der Waals surface area contributed by atoms with Gasteiger partial charge in [-0.1, -0.05) is 52.0 Å². The normalized spacial score (nSPS) is 20.0. The number of amides is 1. The summed E-state index contributed by atoms with van der Waals surface area (Å²) in [5.41, 5.74) is 4.05. The summed E-state index contributed by atoms with van der Waals surface area (Å²) in [7, 11) is 0. The van der Waals surface area contributed by atoms with E-state index in [-0.39, 0.29) is 17.4 Å². The van der Waals surface area contributed by atoms with Crippen LogP contribution in [0.5, 0.6) is 0 Å². The number of hydrogen-bond donors (Lipinski definition) is 2. The lowest BCUT2D eigenvalue weighted by Crippen LogP contribution is -2.47. The van der Waals surface area contributed by atoms with Gasteiger partial charge in [0.2, 0.25) is 5.91 Å². The number of carboxylic acids is 1. The molecule has 1 atom stereocenters. The first-order valence-corrected chi connectivity index (χ1v) is 11.7. The molecule has 0 aliphatic carbocycles. The molecule has 1 amide bonds. The van der Waals surface area contributed by atoms with E-state index in [9.17, 15) is 14.7 Å². The van der Waals surface area contributed by atoms with E-state index in [4.69, 9.17) is 4.74 Å². The third-order valence-electron chi connectivity index (χ3n) is 6.89. The average Bonchev–Trinajstić information content (AvgIpc) is 2.77. The number of morpholine rings is 1. The second-order valence-corrected chi connectivity index (χ2v) is 10.6. The van der Waals surface area contributed by atoms with E-state index in [0.717, 1.165) is 23.2 Å². The van der Waals surface area contributed by atoms with Gasteiger partial charge in [0.05, 0.1) is 24.8 Å². The van der Waals surface area contributed by atoms with Crippen molar-refractivity contribution in [3.63, 3.8) is 0 Å². The molecule has 2 heterocycles. The van der Waals surface area contributed by atoms with E-state index >= 15 is 0 Å². The van der Waals surface area contributed by atoms with Gasteiger partial charge in [0.25, 0.3) is 0 Å². The lowest BCUT2D eigenvalue weighted by Gasteiger charge is -2.41. The van der Waals surface area contributed by atoms with Gasteiger partial charge < -0.3 is 20.1 Å². The van der Waals surface area contributed by atoms with E-state index in [1.807, 2.05) is 24.8 Å². The summed E-state index contributed by atoms with van der Waals surface area (Å²) in [6.07, 6.45) is 1.45. The molecule has 0 radical (unpaired) electrons. The Kier molecular flexibility index (Phi) is 6.23. The van der Waals surface area contributed by atoms with Gasteiger partial charge in [-0.2, -0.15) is 0 Å². The maximum atomic E-state index is 13.1. The minimum absolute atomic E-state index is 0.0821. The molecule has 0 bridgehead atoms. The summed E-state index contributed by atoms with van der Waals surface area (Å²) in [4.78, 5) is 26.4. The molecule has 0 spiro atoms. The van der Waals surface area contributed by atoms with Gasteiger partial charge in [0.15, 0.2) is 0 Å². The van der Waals surface area contributed by atoms with Gasteiger partial charge in [-0.25, -0.2) is 4.79 Å². The maximum absolute atomic E-state index is 13.1. The zero-order valence-electron chi connectivity index (χ0n) is 20.0. The number of aromatic carboxylic acids is 1. The second kappa shape index (κ2) is 8.82. The van der Waals surface area contributed by atoms with Crippen molar-refractivity contribution in [3.05, 3.63) is 64.7 Å². The summed E-state index contributed by atoms with van der Waals surface area (Å²) in [6.45, 7) is 11.0. The molecule has 2 aliphatic heterocycles. The Bertz CT molecular complexity index is 1050. The highest BCUT2D eigenvalue weighted by molar-refractivity contribution is 5.88. The first kappa shape index (κ1) is 23.3. The average molecular weight is 451 g/mol. The van der Waals surface area contributed by atoms with Crippen LogP contribution >= 0.6 is 0 Å². The smallest absolute Gasteiger partial charge is 0.335 e. The van der Waals surface area contributed by atoms with E-state index in [1.54, 1.807) is 12.1 Å². The minimum atomic E-state index is -0.903. The van der Waals surface area contributed by atoms with Gasteiger partial charge in [0.1, 0.15) is 0 Å². The fourth-order valence-corrected chi connectivity index (χ4v) is 5.16. The molecule has 1 fully saturated rings. The molecule has 6 nitrogen and oxygen atoms in total. The Morgan fingerprint density at radius 3 is 2.58 bits per heavy atom. The number of rotatable bonds is 5. The number of nitrogens with zero attached hydrogens (tertiary/aromatic N) is 1. The van der Waals surface area contributed by atoms with Crippen molar-refractivity contribution < 1.29 is 19.4 Å². The van der Waals surface area contributed by atoms with E-state index in [1.165, 1.54) is 5.56 Å². The predicted octanol–water partition coefficient (Wildman–Crippen LogP) is 4.55. The summed E-state index contributed by atoms with van der Waals surface area (Å²) in [6, 6.07) is 13.9. The first-order chi connectivity index (χ1) is 15.6. The fourth-order valence-electron chi connectivity index (χ4n) is 5.16. The highest BCUT2D eigenvalue weighted by Crippen LogP contribution is 2.45. The SMILES string of the molecule is CC(C)(Cc1cccc(C2Nc3ccc(C(=O)O)cc3CC2(C)C)c1)C(=O)N1CCOCC1. The van der Waals surface area contributed by atoms with Gasteiger partial charge in [0, 0.05) is 24.2 Å². The van der Waals surface area contributed by atoms with Crippen LogP contribution in [0.3, 0.4) is 0 Å². The molecular formula is C27H34N2O4. The summed E-state index contributed by atoms with van der Waals surface area (Å²) >= 11 is 0. The van der Waals surface area contributed by atoms with E-state index in [2.05, 4.69) is 43.4 Å². The summed E-state index contributed by atoms with van der Waals surface area (Å²) in [5.74, 6) is -0.727. The van der Waals surface area contributed by atoms with Crippen molar-refractivity contribution in [2.24, 2.45) is 10.8 Å². The molecule has 2 aromatic rings. The zero-order valence-corrected chi connectivity index (χ0v) is 20.0. The van der Waals surface area contributed by atoms with Crippen LogP contribution in [0.25, 0.3) is 0 Å². The van der Waals surface area contributed by atoms with Crippen molar-refractivity contribution in [2.45, 2.75) is 46.6 Å². The highest BCUT2D eigenvalue weighted by atomic mass is 16.5. The monoisotopic (exact) mass is 450 g/mol. The maximum Gasteiger partial charge on any atom is 0.335 e. The van der Waals surface area contributed by atoms with Crippen molar-refractivity contribution in [1.82, 2.24) is 4.90 Å². The number of carbonyl (C=O) groups excluding carboxylic acids is 1. The Morgan fingerprint density at radius 2 is 1.88 bits per heavy atom. The Balaban J connectivity index is 1.55. The number of carbonyl (C=O) groups is 2. The molecular weight excluding hydrogens is 416 g/mol. The largest absolute Gasteiger partial charge is 0.478 e. The van der Waals surface area contributed by atoms with Crippen molar-refractivity contribution in [1.29, 1.82) is 0 Å². The lowest BCUT2D eigenvalue weighted by molar-refractivity contribution is -0.144. The lowest BCUT2D eigenvalue weighted by atomic mass is 9.72. The van der Waals surface area contributed by atoms with Crippen LogP contribution in [-0.4, -0.2) is 48.2 Å². The fraction of sp³-hybridized carbons (Fsp3) is 0.481. The number of ether oxygens (including phenoxy) is 1. The summed E-state index contributed by atoms with van der Waals surface area (Å²) in [5, 5.41) is 13.0. The topological polar surface area (TPSA) is 78.9 Å². The van der Waals surface area contributed by atoms with Crippen LogP contribution < -0.4 is 5.32 Å². The quantitative estimate of drug-likeness (QED) is 0.699. The summed E-state index contributed by atoms with van der Waals surface area (Å²) < 4.78 is 5.40. The van der Waals surface area contributed by atoms with Gasteiger partial charge in [-0.3, -0.25) is 4.79 Å². The molecule has 176 valence electrons. The third-order valence-corrected chi connectivity index (χ3v) is 6.89. The van der Waals surface area contributed by atoms with Gasteiger partial charge in [-0.05, 0) is 53.1 Å². The number of benzene rings is 2. The molecule has 2 aliphatic rings. The molecule has 4 rings (SSSR count). The number of fused-ring (bicyclic) bond motifs is 1. The standard InChI is InChI=1S/C27H34N2O4/c1-26(2)17-21-15-20(24(30)31)8-9-22(21)28-23(26)19-7-5-6-18(14-19)16-27(3,4)25(32)29-10-12-33-13-11-29/h5-9,14-15,23,28H,10-13,16-17H2,1-4H3,(H,30,31). The van der Waals surface area contributed by atoms with Crippen LogP contribution in [0.2, 0.25) is 0 Å². The molecule has 1 saturated heterocycles. The highest BCUT2D eigenvalue weighted by Gasteiger charge is 2.37. The van der Waals surface area contributed by atoms with Crippen LogP contribution in [0.4, 0.5) is 5.69 Å². The van der Waals surface area contributed by atoms with Crippen molar-refractivity contribution >= 4 is 17.6 Å². The molecule has 2 N–H and O–H groups in total. The minimum Gasteiger partial charge on any atom is -0.478 e. The number of hydrogen-bond acceptors (Lipinski definition) is 4. The van der Waals surface area contributed by atoms with Crippen LogP contribution in [0, 0.1) is 10.8 Å². The van der Waals surface area contributed by atoms with Gasteiger partial charge in [-0.15, -0.1) is 0 Å². The number of nitrogens with one attached hydrogen (secondary N) is 1. The van der Waals surface area contributed by atoms with Crippen molar-refractivity contribution in [3.8, 4) is 0 Å². The molecule has 0 aromatic heterocycles. The Hall–Kier alpha value is -2.86. The third kappa shape index (κ3) is 4.91. The molecule has 1 unspecified atom stereocenters. The predicted molar refractivity (Wildman–Crippen MR) is 129 cm³/mol. The number of carboxylic acid groups (broad SMARTS) is 1. The molecule has 0 saturated carbocycles. The second-order valence-electron chi connectivity index (χ2n) is 10.6. The Morgan fingerprint density at radius 1 is 1.15 bits per heavy atom. The van der Waals surface area contributed by atoms with Gasteiger partial charge >= 0.3 is 5.97 Å². The zero-order chi connectivity index (χ0) is 23.8. The molecule has 2 aromatic carbocycles. The van der Waals surface area contributed by atoms with Crippen LogP contribution in [0.15, 0.2) is 42.5 Å². The van der Waals surface area contributed by atoms with Crippen LogP contribution in [-0.2, 0) is 22.4 Å². The molecule has 6 heteroatoms. The number of anilines is 1. The first-order valence-electron chi connectivity index (χ1n) is 11.7.